The number of carbonyl (C=O) groups is 3. The number of hydrogen-bond donors (Lipinski definition) is 1. The van der Waals surface area contributed by atoms with Crippen molar-refractivity contribution >= 4 is 46.8 Å². The molecule has 9 heteroatoms. The van der Waals surface area contributed by atoms with Crippen molar-refractivity contribution in [2.75, 3.05) is 31.2 Å². The number of unbranched alkanes of at least 4 members (excludes halogenated alkanes) is 4. The summed E-state index contributed by atoms with van der Waals surface area (Å²) in [4.78, 5) is 46.0. The van der Waals surface area contributed by atoms with Crippen LogP contribution in [0.5, 0.6) is 0 Å². The quantitative estimate of drug-likeness (QED) is 0.161. The third-order valence-corrected chi connectivity index (χ3v) is 11.3. The summed E-state index contributed by atoms with van der Waals surface area (Å²) in [6.07, 6.45) is 8.76. The number of fused-ring (bicyclic) bond motifs is 1. The summed E-state index contributed by atoms with van der Waals surface area (Å²) >= 11 is 8.31. The van der Waals surface area contributed by atoms with E-state index in [1.165, 1.54) is 0 Å². The zero-order chi connectivity index (χ0) is 29.7. The van der Waals surface area contributed by atoms with Crippen LogP contribution < -0.4 is 4.90 Å². The lowest BCUT2D eigenvalue weighted by Crippen LogP contribution is -2.57. The summed E-state index contributed by atoms with van der Waals surface area (Å²) in [7, 11) is 0. The lowest BCUT2D eigenvalue weighted by Gasteiger charge is -2.40. The Morgan fingerprint density at radius 1 is 1.22 bits per heavy atom. The lowest BCUT2D eigenvalue weighted by atomic mass is 9.66. The molecule has 2 bridgehead atoms. The molecule has 0 radical (unpaired) electrons. The minimum Gasteiger partial charge on any atom is -0.465 e. The first-order chi connectivity index (χ1) is 19.7. The Morgan fingerprint density at radius 3 is 2.66 bits per heavy atom. The fourth-order valence-corrected chi connectivity index (χ4v) is 9.81. The average Bonchev–Trinajstić information content (AvgIpc) is 3.53. The van der Waals surface area contributed by atoms with Crippen LogP contribution in [0.15, 0.2) is 43.5 Å². The number of aliphatic hydroxyl groups is 1. The van der Waals surface area contributed by atoms with Crippen molar-refractivity contribution in [3.8, 4) is 0 Å². The number of nitrogens with zero attached hydrogens (tertiary/aromatic N) is 2. The zero-order valence-corrected chi connectivity index (χ0v) is 25.8. The molecule has 4 rings (SSSR count). The molecule has 0 saturated carbocycles. The SMILES string of the molecule is C=CCCCOC(=O)[C@@H]1[C@@H]2CC(C)C3(S2)C(C(=O)N(CC=C)c2c(C)cccc2Cl)N(CCCCCCO)C(=O)[C@H]13. The summed E-state index contributed by atoms with van der Waals surface area (Å²) < 4.78 is 4.96. The van der Waals surface area contributed by atoms with Gasteiger partial charge >= 0.3 is 5.97 Å². The number of para-hydroxylation sites is 1. The molecule has 7 nitrogen and oxygen atoms in total. The number of esters is 1. The van der Waals surface area contributed by atoms with E-state index < -0.39 is 22.6 Å². The largest absolute Gasteiger partial charge is 0.465 e. The monoisotopic (exact) mass is 602 g/mol. The van der Waals surface area contributed by atoms with Crippen molar-refractivity contribution in [3.05, 3.63) is 54.1 Å². The van der Waals surface area contributed by atoms with Gasteiger partial charge in [-0.05, 0) is 56.6 Å². The number of likely N-dealkylation sites (tertiary alicyclic amines) is 1. The van der Waals surface area contributed by atoms with E-state index in [-0.39, 0.29) is 48.7 Å². The standard InChI is InChI=1S/C32H43ClN2O5S/c1-5-7-12-19-40-31(39)25-24-20-22(4)32(41-24)26(25)29(37)35(17-10-8-9-11-18-36)28(32)30(38)34(16-6-2)27-21(3)14-13-15-23(27)33/h5-6,13-15,22,24-26,28,36H,1-2,7-12,16-20H2,3-4H3/t22?,24-,25+,26-,28?,32?/m0/s1. The van der Waals surface area contributed by atoms with E-state index in [0.29, 0.717) is 36.5 Å². The smallest absolute Gasteiger partial charge is 0.310 e. The van der Waals surface area contributed by atoms with Gasteiger partial charge in [0.05, 0.1) is 33.9 Å². The Kier molecular flexibility index (Phi) is 10.6. The maximum atomic E-state index is 14.8. The van der Waals surface area contributed by atoms with Crippen LogP contribution in [0, 0.1) is 24.7 Å². The highest BCUT2D eigenvalue weighted by atomic mass is 35.5. The lowest BCUT2D eigenvalue weighted by molar-refractivity contribution is -0.154. The third kappa shape index (κ3) is 5.84. The van der Waals surface area contributed by atoms with E-state index in [0.717, 1.165) is 31.2 Å². The Bertz CT molecular complexity index is 1140. The van der Waals surface area contributed by atoms with E-state index in [2.05, 4.69) is 20.1 Å². The number of amides is 2. The number of halogens is 1. The molecule has 41 heavy (non-hydrogen) atoms. The van der Waals surface area contributed by atoms with Gasteiger partial charge in [0, 0.05) is 24.9 Å². The molecule has 3 fully saturated rings. The molecule has 0 aliphatic carbocycles. The molecule has 3 aliphatic rings. The van der Waals surface area contributed by atoms with Crippen LogP contribution in [0.4, 0.5) is 5.69 Å². The highest BCUT2D eigenvalue weighted by Crippen LogP contribution is 2.69. The van der Waals surface area contributed by atoms with E-state index >= 15 is 0 Å². The van der Waals surface area contributed by atoms with Crippen molar-refractivity contribution in [2.45, 2.75) is 74.8 Å². The molecule has 1 N–H and O–H groups in total. The van der Waals surface area contributed by atoms with Crippen molar-refractivity contribution in [2.24, 2.45) is 17.8 Å². The summed E-state index contributed by atoms with van der Waals surface area (Å²) in [5.41, 5.74) is 1.48. The van der Waals surface area contributed by atoms with Gasteiger partial charge in [-0.2, -0.15) is 0 Å². The molecule has 3 unspecified atom stereocenters. The molecule has 3 aliphatic heterocycles. The number of anilines is 1. The zero-order valence-electron chi connectivity index (χ0n) is 24.2. The van der Waals surface area contributed by atoms with Crippen LogP contribution >= 0.6 is 23.4 Å². The number of aliphatic hydroxyl groups excluding tert-OH is 1. The van der Waals surface area contributed by atoms with Crippen LogP contribution in [0.3, 0.4) is 0 Å². The maximum Gasteiger partial charge on any atom is 0.310 e. The van der Waals surface area contributed by atoms with Crippen LogP contribution in [-0.2, 0) is 19.1 Å². The van der Waals surface area contributed by atoms with Gasteiger partial charge in [-0.3, -0.25) is 14.4 Å². The van der Waals surface area contributed by atoms with Gasteiger partial charge in [0.25, 0.3) is 5.91 Å². The van der Waals surface area contributed by atoms with Crippen molar-refractivity contribution in [1.82, 2.24) is 4.90 Å². The number of hydrogen-bond acceptors (Lipinski definition) is 6. The molecule has 0 aromatic heterocycles. The van der Waals surface area contributed by atoms with Crippen LogP contribution in [0.1, 0.15) is 57.4 Å². The molecule has 3 saturated heterocycles. The number of allylic oxidation sites excluding steroid dienone is 1. The van der Waals surface area contributed by atoms with Crippen molar-refractivity contribution in [1.29, 1.82) is 0 Å². The Balaban J connectivity index is 1.72. The second-order valence-electron chi connectivity index (χ2n) is 11.5. The van der Waals surface area contributed by atoms with Gasteiger partial charge < -0.3 is 19.6 Å². The summed E-state index contributed by atoms with van der Waals surface area (Å²) in [5.74, 6) is -1.78. The molecule has 6 atom stereocenters. The van der Waals surface area contributed by atoms with Gasteiger partial charge in [0.2, 0.25) is 5.91 Å². The number of carbonyl (C=O) groups excluding carboxylic acids is 3. The molecule has 224 valence electrons. The number of rotatable bonds is 15. The summed E-state index contributed by atoms with van der Waals surface area (Å²) in [6, 6.07) is 4.80. The van der Waals surface area contributed by atoms with E-state index in [1.807, 2.05) is 19.1 Å². The molecule has 2 amide bonds. The number of aryl methyl sites for hydroxylation is 1. The number of thioether (sulfide) groups is 1. The maximum absolute atomic E-state index is 14.8. The molecule has 3 heterocycles. The van der Waals surface area contributed by atoms with E-state index in [9.17, 15) is 19.5 Å². The predicted molar refractivity (Wildman–Crippen MR) is 165 cm³/mol. The van der Waals surface area contributed by atoms with Gasteiger partial charge in [-0.25, -0.2) is 0 Å². The molecule has 1 aromatic carbocycles. The minimum absolute atomic E-state index is 0.0579. The van der Waals surface area contributed by atoms with Crippen LogP contribution in [0.2, 0.25) is 5.02 Å². The fourth-order valence-electron chi connectivity index (χ4n) is 7.08. The first-order valence-corrected chi connectivity index (χ1v) is 16.0. The van der Waals surface area contributed by atoms with Crippen molar-refractivity contribution in [3.63, 3.8) is 0 Å². The Labute approximate surface area is 253 Å². The number of benzene rings is 1. The van der Waals surface area contributed by atoms with Gasteiger partial charge in [0.1, 0.15) is 6.04 Å². The Morgan fingerprint density at radius 2 is 1.98 bits per heavy atom. The third-order valence-electron chi connectivity index (χ3n) is 8.89. The van der Waals surface area contributed by atoms with E-state index in [1.54, 1.807) is 39.8 Å². The second-order valence-corrected chi connectivity index (χ2v) is 13.4. The minimum atomic E-state index is -0.739. The topological polar surface area (TPSA) is 87.2 Å². The molecular weight excluding hydrogens is 560 g/mol. The highest BCUT2D eigenvalue weighted by molar-refractivity contribution is 8.02. The molecule has 1 aromatic rings. The molecule has 1 spiro atoms. The fraction of sp³-hybridized carbons (Fsp3) is 0.594. The van der Waals surface area contributed by atoms with Crippen molar-refractivity contribution < 1.29 is 24.2 Å². The highest BCUT2D eigenvalue weighted by Gasteiger charge is 2.76. The number of ether oxygens (including phenoxy) is 1. The van der Waals surface area contributed by atoms with Crippen LogP contribution in [-0.4, -0.2) is 70.1 Å². The first-order valence-electron chi connectivity index (χ1n) is 14.8. The van der Waals surface area contributed by atoms with Gasteiger partial charge in [-0.15, -0.1) is 24.9 Å². The normalized spacial score (nSPS) is 28.0. The summed E-state index contributed by atoms with van der Waals surface area (Å²) in [6.45, 7) is 12.7. The Hall–Kier alpha value is -2.29. The predicted octanol–water partition coefficient (Wildman–Crippen LogP) is 5.57. The van der Waals surface area contributed by atoms with E-state index in [4.69, 9.17) is 16.3 Å². The first kappa shape index (κ1) is 31.6. The molecular formula is C32H43ClN2O5S. The average molecular weight is 603 g/mol. The van der Waals surface area contributed by atoms with Gasteiger partial charge in [0.15, 0.2) is 0 Å². The van der Waals surface area contributed by atoms with Gasteiger partial charge in [-0.1, -0.05) is 55.7 Å². The van der Waals surface area contributed by atoms with Crippen LogP contribution in [0.25, 0.3) is 0 Å². The summed E-state index contributed by atoms with van der Waals surface area (Å²) in [5, 5.41) is 9.59. The second kappa shape index (κ2) is 13.8.